The van der Waals surface area contributed by atoms with Gasteiger partial charge in [-0.25, -0.2) is 19.7 Å². The molecule has 0 bridgehead atoms. The highest BCUT2D eigenvalue weighted by atomic mass is 16.6. The maximum Gasteiger partial charge on any atom is 0.417 e. The smallest absolute Gasteiger partial charge is 0.417 e. The maximum atomic E-state index is 11.6. The summed E-state index contributed by atoms with van der Waals surface area (Å²) in [5.74, 6) is 2.64. The van der Waals surface area contributed by atoms with E-state index in [0.29, 0.717) is 18.8 Å². The normalized spacial score (nSPS) is 17.0. The van der Waals surface area contributed by atoms with Gasteiger partial charge in [-0.05, 0) is 23.3 Å². The van der Waals surface area contributed by atoms with Crippen molar-refractivity contribution in [3.05, 3.63) is 42.2 Å². The Labute approximate surface area is 134 Å². The van der Waals surface area contributed by atoms with Gasteiger partial charge in [0.15, 0.2) is 0 Å². The van der Waals surface area contributed by atoms with Crippen LogP contribution in [-0.4, -0.2) is 42.4 Å². The van der Waals surface area contributed by atoms with Crippen LogP contribution in [0.1, 0.15) is 5.69 Å². The summed E-state index contributed by atoms with van der Waals surface area (Å²) < 4.78 is 10.00. The summed E-state index contributed by atoms with van der Waals surface area (Å²) in [5.41, 5.74) is 3.28. The molecule has 1 aromatic rings. The number of aromatic nitrogens is 2. The second-order valence-corrected chi connectivity index (χ2v) is 5.04. The lowest BCUT2D eigenvalue weighted by molar-refractivity contribution is 0.0718. The monoisotopic (exact) mass is 309 g/mol. The topological polar surface area (TPSA) is 64.6 Å². The van der Waals surface area contributed by atoms with Crippen LogP contribution in [0.2, 0.25) is 0 Å². The fourth-order valence-electron chi connectivity index (χ4n) is 2.19. The van der Waals surface area contributed by atoms with E-state index in [1.165, 1.54) is 22.2 Å². The third kappa shape index (κ3) is 3.47. The predicted octanol–water partition coefficient (Wildman–Crippen LogP) is 2.10. The van der Waals surface area contributed by atoms with Crippen LogP contribution in [0.15, 0.2) is 36.5 Å². The summed E-state index contributed by atoms with van der Waals surface area (Å²) in [5, 5.41) is 0. The quantitative estimate of drug-likeness (QED) is 0.693. The number of carbonyl (C=O) groups is 1. The van der Waals surface area contributed by atoms with E-state index in [-0.39, 0.29) is 12.1 Å². The van der Waals surface area contributed by atoms with E-state index in [0.717, 1.165) is 0 Å². The van der Waals surface area contributed by atoms with Gasteiger partial charge < -0.3 is 9.47 Å². The molecule has 1 unspecified atom stereocenters. The van der Waals surface area contributed by atoms with Crippen molar-refractivity contribution in [2.24, 2.45) is 0 Å². The van der Waals surface area contributed by atoms with Crippen LogP contribution in [0.3, 0.4) is 0 Å². The first-order valence-electron chi connectivity index (χ1n) is 7.08. The number of ether oxygens (including phenoxy) is 2. The number of nitrogens with zero attached hydrogens (tertiary/aromatic N) is 3. The summed E-state index contributed by atoms with van der Waals surface area (Å²) in [6.45, 7) is 0.706. The highest BCUT2D eigenvalue weighted by molar-refractivity contribution is 5.87. The molecule has 0 radical (unpaired) electrons. The Morgan fingerprint density at radius 1 is 1.43 bits per heavy atom. The minimum Gasteiger partial charge on any atom is -0.441 e. The molecule has 2 heterocycles. The van der Waals surface area contributed by atoms with E-state index in [4.69, 9.17) is 15.9 Å². The van der Waals surface area contributed by atoms with Gasteiger partial charge in [-0.2, -0.15) is 0 Å². The molecule has 6 nitrogen and oxygen atoms in total. The van der Waals surface area contributed by atoms with Crippen molar-refractivity contribution in [3.63, 3.8) is 0 Å². The van der Waals surface area contributed by atoms with Gasteiger partial charge in [0.25, 0.3) is 0 Å². The Bertz CT molecular complexity index is 752. The first-order valence-corrected chi connectivity index (χ1v) is 7.08. The zero-order valence-corrected chi connectivity index (χ0v) is 12.6. The van der Waals surface area contributed by atoms with Crippen molar-refractivity contribution in [3.8, 4) is 23.5 Å². The average Bonchev–Trinajstić information content (AvgIpc) is 2.99. The number of methoxy groups -OCH3 is 1. The van der Waals surface area contributed by atoms with Crippen molar-refractivity contribution in [1.29, 1.82) is 0 Å². The Morgan fingerprint density at radius 2 is 2.22 bits per heavy atom. The van der Waals surface area contributed by atoms with Crippen molar-refractivity contribution >= 4 is 12.0 Å². The molecule has 23 heavy (non-hydrogen) atoms. The van der Waals surface area contributed by atoms with E-state index in [9.17, 15) is 4.79 Å². The van der Waals surface area contributed by atoms with E-state index in [2.05, 4.69) is 40.2 Å². The third-order valence-corrected chi connectivity index (χ3v) is 3.37. The molecule has 6 heteroatoms. The lowest BCUT2D eigenvalue weighted by Crippen LogP contribution is -2.27. The molecule has 2 aliphatic carbocycles. The van der Waals surface area contributed by atoms with Crippen LogP contribution in [0, 0.1) is 12.3 Å². The Kier molecular flexibility index (Phi) is 4.22. The molecular weight excluding hydrogens is 294 g/mol. The molecule has 0 saturated carbocycles. The van der Waals surface area contributed by atoms with Crippen LogP contribution < -0.4 is 4.90 Å². The zero-order valence-electron chi connectivity index (χ0n) is 12.6. The number of carbonyl (C=O) groups excluding carboxylic acids is 1. The van der Waals surface area contributed by atoms with Crippen LogP contribution >= 0.6 is 0 Å². The number of anilines is 1. The Morgan fingerprint density at radius 3 is 2.78 bits per heavy atom. The van der Waals surface area contributed by atoms with Crippen LogP contribution in [0.5, 0.6) is 0 Å². The highest BCUT2D eigenvalue weighted by Crippen LogP contribution is 2.32. The summed E-state index contributed by atoms with van der Waals surface area (Å²) in [4.78, 5) is 21.0. The number of hydrogen-bond acceptors (Lipinski definition) is 5. The third-order valence-electron chi connectivity index (χ3n) is 3.37. The first kappa shape index (κ1) is 15.0. The van der Waals surface area contributed by atoms with Gasteiger partial charge in [0, 0.05) is 13.3 Å². The second kappa shape index (κ2) is 6.46. The molecule has 0 N–H and O–H groups in total. The van der Waals surface area contributed by atoms with Crippen LogP contribution in [0.25, 0.3) is 11.1 Å². The van der Waals surface area contributed by atoms with Gasteiger partial charge in [0.05, 0.1) is 13.2 Å². The van der Waals surface area contributed by atoms with E-state index in [1.807, 2.05) is 0 Å². The molecule has 1 atom stereocenters. The lowest BCUT2D eigenvalue weighted by atomic mass is 10.4. The molecule has 1 amide bonds. The summed E-state index contributed by atoms with van der Waals surface area (Å²) in [6, 6.07) is 10.1. The first-order chi connectivity index (χ1) is 11.2. The Hall–Kier alpha value is -2.91. The van der Waals surface area contributed by atoms with Gasteiger partial charge in [-0.1, -0.05) is 24.1 Å². The molecule has 1 aliphatic heterocycles. The van der Waals surface area contributed by atoms with Crippen LogP contribution in [-0.2, 0) is 9.47 Å². The molecule has 1 saturated heterocycles. The Balaban J connectivity index is 0.000000213. The average molecular weight is 309 g/mol. The maximum absolute atomic E-state index is 11.6. The number of hydrogen-bond donors (Lipinski definition) is 0. The number of amides is 1. The van der Waals surface area contributed by atoms with Crippen molar-refractivity contribution in [1.82, 2.24) is 9.97 Å². The van der Waals surface area contributed by atoms with Crippen molar-refractivity contribution < 1.29 is 14.3 Å². The number of benzene rings is 1. The number of rotatable bonds is 3. The largest absolute Gasteiger partial charge is 0.441 e. The van der Waals surface area contributed by atoms with Gasteiger partial charge in [0.1, 0.15) is 11.8 Å². The van der Waals surface area contributed by atoms with Crippen LogP contribution in [0.4, 0.5) is 10.7 Å². The predicted molar refractivity (Wildman–Crippen MR) is 84.9 cm³/mol. The van der Waals surface area contributed by atoms with Gasteiger partial charge in [-0.15, -0.1) is 6.42 Å². The highest BCUT2D eigenvalue weighted by Gasteiger charge is 2.33. The molecule has 3 aliphatic rings. The van der Waals surface area contributed by atoms with Crippen molar-refractivity contribution in [2.75, 3.05) is 25.2 Å². The van der Waals surface area contributed by atoms with Gasteiger partial charge in [0.2, 0.25) is 5.95 Å². The molecule has 1 aromatic heterocycles. The summed E-state index contributed by atoms with van der Waals surface area (Å²) in [7, 11) is 1.55. The van der Waals surface area contributed by atoms with E-state index >= 15 is 0 Å². The molecule has 1 fully saturated rings. The summed E-state index contributed by atoms with van der Waals surface area (Å²) >= 11 is 0. The fraction of sp³-hybridized carbons (Fsp3) is 0.235. The molecule has 116 valence electrons. The van der Waals surface area contributed by atoms with E-state index < -0.39 is 6.09 Å². The summed E-state index contributed by atoms with van der Waals surface area (Å²) in [6.07, 6.45) is 5.96. The standard InChI is InChI=1S/C11H11N3O3.C6H4/c1-3-8-4-5-12-10(13-8)14-6-9(7-16-2)17-11(14)15;1-2-5-4-6(5)3-1/h1,4-5,9H,6-7H2,2H3;1-4H. The van der Waals surface area contributed by atoms with Crippen molar-refractivity contribution in [2.45, 2.75) is 6.10 Å². The van der Waals surface area contributed by atoms with Gasteiger partial charge >= 0.3 is 6.09 Å². The fourth-order valence-corrected chi connectivity index (χ4v) is 2.19. The minimum atomic E-state index is -0.485. The number of terminal acetylenes is 1. The SMILES string of the molecule is C#Cc1ccnc(N2CC(COC)OC2=O)n1.c1cc2cc-2c1. The zero-order chi connectivity index (χ0) is 16.2. The molecule has 0 aromatic carbocycles. The number of fused-ring (bicyclic) bond motifs is 1. The lowest BCUT2D eigenvalue weighted by Gasteiger charge is -2.09. The second-order valence-electron chi connectivity index (χ2n) is 5.04. The molecular formula is C17H15N3O3. The number of cyclic esters (lactones) is 1. The van der Waals surface area contributed by atoms with Gasteiger partial charge in [-0.3, -0.25) is 0 Å². The molecule has 4 rings (SSSR count). The minimum absolute atomic E-state index is 0.254. The molecule has 0 spiro atoms. The van der Waals surface area contributed by atoms with E-state index in [1.54, 1.807) is 13.2 Å².